The number of alkyl halides is 3. The van der Waals surface area contributed by atoms with Gasteiger partial charge in [-0.05, 0) is 44.4 Å². The molecule has 0 unspecified atom stereocenters. The largest absolute Gasteiger partial charge is 0.573 e. The van der Waals surface area contributed by atoms with Crippen molar-refractivity contribution in [1.82, 2.24) is 14.9 Å². The molecule has 0 saturated heterocycles. The Morgan fingerprint density at radius 3 is 2.56 bits per heavy atom. The lowest BCUT2D eigenvalue weighted by atomic mass is 10.1. The molecule has 0 aliphatic heterocycles. The molecule has 0 atom stereocenters. The summed E-state index contributed by atoms with van der Waals surface area (Å²) >= 11 is 5.95. The molecular weight excluding hydrogens is 450 g/mol. The predicted octanol–water partition coefficient (Wildman–Crippen LogP) is 5.55. The number of hydrogen-bond acceptors (Lipinski definition) is 6. The Kier molecular flexibility index (Phi) is 7.37. The molecule has 0 fully saturated rings. The lowest BCUT2D eigenvalue weighted by Gasteiger charge is -2.14. The van der Waals surface area contributed by atoms with Gasteiger partial charge in [0, 0.05) is 29.7 Å². The number of nitrogens with zero attached hydrogens (tertiary/aromatic N) is 3. The zero-order valence-electron chi connectivity index (χ0n) is 17.2. The molecule has 0 radical (unpaired) electrons. The highest BCUT2D eigenvalue weighted by molar-refractivity contribution is 6.30. The van der Waals surface area contributed by atoms with Gasteiger partial charge in [0.05, 0.1) is 11.4 Å². The van der Waals surface area contributed by atoms with Crippen LogP contribution in [0.1, 0.15) is 0 Å². The summed E-state index contributed by atoms with van der Waals surface area (Å²) in [6.07, 6.45) is -4.82. The van der Waals surface area contributed by atoms with Crippen molar-refractivity contribution >= 4 is 29.1 Å². The molecule has 0 aliphatic carbocycles. The first-order chi connectivity index (χ1) is 15.1. The van der Waals surface area contributed by atoms with Crippen molar-refractivity contribution in [2.75, 3.05) is 37.8 Å². The van der Waals surface area contributed by atoms with E-state index in [1.165, 1.54) is 42.5 Å². The molecule has 2 aromatic carbocycles. The van der Waals surface area contributed by atoms with E-state index >= 15 is 0 Å². The molecule has 0 amide bonds. The minimum absolute atomic E-state index is 0.0931. The maximum absolute atomic E-state index is 14.2. The molecule has 0 saturated carbocycles. The monoisotopic (exact) mass is 469 g/mol. The lowest BCUT2D eigenvalue weighted by Crippen LogP contribution is -2.21. The molecule has 3 rings (SSSR count). The maximum atomic E-state index is 14.2. The summed E-state index contributed by atoms with van der Waals surface area (Å²) in [5.74, 6) is -0.481. The number of ether oxygens (including phenoxy) is 1. The van der Waals surface area contributed by atoms with Gasteiger partial charge in [0.1, 0.15) is 17.4 Å². The van der Waals surface area contributed by atoms with Gasteiger partial charge < -0.3 is 20.3 Å². The van der Waals surface area contributed by atoms with E-state index in [1.54, 1.807) is 6.07 Å². The summed E-state index contributed by atoms with van der Waals surface area (Å²) in [6.45, 7) is 1.20. The third-order valence-electron chi connectivity index (χ3n) is 4.12. The first kappa shape index (κ1) is 23.6. The average molecular weight is 470 g/mol. The Balaban J connectivity index is 1.96. The van der Waals surface area contributed by atoms with Gasteiger partial charge in [-0.2, -0.15) is 4.98 Å². The SMILES string of the molecule is CN(C)CCNc1nc(Nc2cc(Cl)ccc2F)cc(-c2cccc(OC(F)(F)F)c2)n1. The van der Waals surface area contributed by atoms with Crippen LogP contribution in [0.25, 0.3) is 11.3 Å². The molecule has 3 aromatic rings. The van der Waals surface area contributed by atoms with Crippen LogP contribution in [-0.2, 0) is 0 Å². The Bertz CT molecular complexity index is 1080. The summed E-state index contributed by atoms with van der Waals surface area (Å²) in [4.78, 5) is 10.7. The van der Waals surface area contributed by atoms with E-state index < -0.39 is 12.2 Å². The van der Waals surface area contributed by atoms with Crippen LogP contribution < -0.4 is 15.4 Å². The molecule has 0 spiro atoms. The molecule has 6 nitrogen and oxygen atoms in total. The number of nitrogens with one attached hydrogen (secondary N) is 2. The molecule has 32 heavy (non-hydrogen) atoms. The van der Waals surface area contributed by atoms with Crippen LogP contribution in [0.2, 0.25) is 5.02 Å². The molecule has 170 valence electrons. The van der Waals surface area contributed by atoms with Gasteiger partial charge in [0.2, 0.25) is 5.95 Å². The summed E-state index contributed by atoms with van der Waals surface area (Å²) in [5.41, 5.74) is 0.764. The number of rotatable bonds is 8. The second kappa shape index (κ2) is 10.0. The van der Waals surface area contributed by atoms with Gasteiger partial charge in [0.15, 0.2) is 0 Å². The van der Waals surface area contributed by atoms with Crippen molar-refractivity contribution in [3.63, 3.8) is 0 Å². The summed E-state index contributed by atoms with van der Waals surface area (Å²) in [6, 6.07) is 10.9. The van der Waals surface area contributed by atoms with E-state index in [0.29, 0.717) is 29.4 Å². The zero-order chi connectivity index (χ0) is 23.3. The number of benzene rings is 2. The quantitative estimate of drug-likeness (QED) is 0.422. The lowest BCUT2D eigenvalue weighted by molar-refractivity contribution is -0.274. The molecule has 0 aliphatic rings. The minimum atomic E-state index is -4.82. The van der Waals surface area contributed by atoms with Crippen molar-refractivity contribution in [2.45, 2.75) is 6.36 Å². The summed E-state index contributed by atoms with van der Waals surface area (Å²) in [5, 5.41) is 6.22. The van der Waals surface area contributed by atoms with Gasteiger partial charge in [-0.25, -0.2) is 9.37 Å². The minimum Gasteiger partial charge on any atom is -0.406 e. The van der Waals surface area contributed by atoms with Crippen molar-refractivity contribution in [1.29, 1.82) is 0 Å². The van der Waals surface area contributed by atoms with E-state index in [0.717, 1.165) is 0 Å². The summed E-state index contributed by atoms with van der Waals surface area (Å²) in [7, 11) is 3.81. The number of likely N-dealkylation sites (N-methyl/N-ethyl adjacent to an activating group) is 1. The number of hydrogen-bond donors (Lipinski definition) is 2. The fourth-order valence-electron chi connectivity index (χ4n) is 2.71. The molecule has 11 heteroatoms. The maximum Gasteiger partial charge on any atom is 0.573 e. The third kappa shape index (κ3) is 6.96. The molecular formula is C21H20ClF4N5O. The Hall–Kier alpha value is -3.11. The Morgan fingerprint density at radius 1 is 1.06 bits per heavy atom. The Morgan fingerprint density at radius 2 is 1.84 bits per heavy atom. The number of aromatic nitrogens is 2. The molecule has 1 heterocycles. The molecule has 0 bridgehead atoms. The van der Waals surface area contributed by atoms with E-state index in [-0.39, 0.29) is 23.2 Å². The number of halogens is 5. The zero-order valence-corrected chi connectivity index (χ0v) is 17.9. The topological polar surface area (TPSA) is 62.3 Å². The van der Waals surface area contributed by atoms with Gasteiger partial charge in [-0.3, -0.25) is 0 Å². The molecule has 1 aromatic heterocycles. The van der Waals surface area contributed by atoms with Gasteiger partial charge in [-0.15, -0.1) is 13.2 Å². The van der Waals surface area contributed by atoms with Crippen LogP contribution in [0.3, 0.4) is 0 Å². The predicted molar refractivity (Wildman–Crippen MR) is 116 cm³/mol. The Labute approximate surface area is 187 Å². The van der Waals surface area contributed by atoms with Crippen LogP contribution >= 0.6 is 11.6 Å². The van der Waals surface area contributed by atoms with Crippen molar-refractivity contribution in [3.05, 3.63) is 59.4 Å². The average Bonchev–Trinajstić information content (AvgIpc) is 2.69. The standard InChI is InChI=1S/C21H20ClF4N5O/c1-31(2)9-8-27-20-29-17(13-4-3-5-15(10-13)32-21(24,25)26)12-19(30-20)28-18-11-14(22)6-7-16(18)23/h3-7,10-12H,8-9H2,1-2H3,(H2,27,28,29,30). The van der Waals surface area contributed by atoms with Crippen LogP contribution in [0.15, 0.2) is 48.5 Å². The highest BCUT2D eigenvalue weighted by atomic mass is 35.5. The number of anilines is 3. The van der Waals surface area contributed by atoms with Gasteiger partial charge in [0.25, 0.3) is 0 Å². The first-order valence-electron chi connectivity index (χ1n) is 9.45. The van der Waals surface area contributed by atoms with Gasteiger partial charge in [-0.1, -0.05) is 23.7 Å². The van der Waals surface area contributed by atoms with Crippen molar-refractivity contribution < 1.29 is 22.3 Å². The fraction of sp³-hybridized carbons (Fsp3) is 0.238. The fourth-order valence-corrected chi connectivity index (χ4v) is 2.89. The summed E-state index contributed by atoms with van der Waals surface area (Å²) < 4.78 is 56.0. The van der Waals surface area contributed by atoms with Crippen molar-refractivity contribution in [2.24, 2.45) is 0 Å². The van der Waals surface area contributed by atoms with Crippen LogP contribution in [0.5, 0.6) is 5.75 Å². The van der Waals surface area contributed by atoms with Crippen LogP contribution in [0, 0.1) is 5.82 Å². The molecule has 2 N–H and O–H groups in total. The third-order valence-corrected chi connectivity index (χ3v) is 4.36. The van der Waals surface area contributed by atoms with E-state index in [2.05, 4.69) is 25.3 Å². The highest BCUT2D eigenvalue weighted by Gasteiger charge is 2.31. The van der Waals surface area contributed by atoms with E-state index in [4.69, 9.17) is 11.6 Å². The van der Waals surface area contributed by atoms with Crippen LogP contribution in [0.4, 0.5) is 35.0 Å². The second-order valence-corrected chi connectivity index (χ2v) is 7.45. The highest BCUT2D eigenvalue weighted by Crippen LogP contribution is 2.30. The van der Waals surface area contributed by atoms with Crippen LogP contribution in [-0.4, -0.2) is 48.4 Å². The van der Waals surface area contributed by atoms with Crippen molar-refractivity contribution in [3.8, 4) is 17.0 Å². The first-order valence-corrected chi connectivity index (χ1v) is 9.83. The smallest absolute Gasteiger partial charge is 0.406 e. The van der Waals surface area contributed by atoms with Gasteiger partial charge >= 0.3 is 6.36 Å². The van der Waals surface area contributed by atoms with E-state index in [9.17, 15) is 17.6 Å². The second-order valence-electron chi connectivity index (χ2n) is 7.02. The normalized spacial score (nSPS) is 11.5. The van der Waals surface area contributed by atoms with E-state index in [1.807, 2.05) is 19.0 Å².